The third-order valence-corrected chi connectivity index (χ3v) is 3.76. The maximum Gasteiger partial charge on any atom is 0.220 e. The summed E-state index contributed by atoms with van der Waals surface area (Å²) in [5.41, 5.74) is 1.76. The van der Waals surface area contributed by atoms with Crippen LogP contribution in [0.25, 0.3) is 0 Å². The van der Waals surface area contributed by atoms with E-state index in [1.807, 2.05) is 52.0 Å². The van der Waals surface area contributed by atoms with Gasteiger partial charge >= 0.3 is 0 Å². The Hall–Kier alpha value is -1.64. The number of unbranched alkanes of at least 4 members (excludes halogenated alkanes) is 4. The van der Waals surface area contributed by atoms with Crippen molar-refractivity contribution < 1.29 is 9.59 Å². The van der Waals surface area contributed by atoms with Gasteiger partial charge in [0, 0.05) is 24.4 Å². The Morgan fingerprint density at radius 1 is 0.958 bits per heavy atom. The summed E-state index contributed by atoms with van der Waals surface area (Å²) in [5.74, 6) is 0.278. The zero-order valence-electron chi connectivity index (χ0n) is 16.2. The van der Waals surface area contributed by atoms with E-state index in [1.165, 1.54) is 19.3 Å². The summed E-state index contributed by atoms with van der Waals surface area (Å²) in [7, 11) is 0. The summed E-state index contributed by atoms with van der Waals surface area (Å²) < 4.78 is 0. The maximum atomic E-state index is 11.8. The molecule has 0 aliphatic rings. The monoisotopic (exact) mass is 333 g/mol. The molecular weight excluding hydrogens is 298 g/mol. The summed E-state index contributed by atoms with van der Waals surface area (Å²) in [6, 6.07) is 7.51. The van der Waals surface area contributed by atoms with Crippen LogP contribution in [-0.4, -0.2) is 11.7 Å². The Labute approximate surface area is 148 Å². The fourth-order valence-electron chi connectivity index (χ4n) is 2.30. The first kappa shape index (κ1) is 22.4. The summed E-state index contributed by atoms with van der Waals surface area (Å²) in [6.45, 7) is 10.5. The van der Waals surface area contributed by atoms with Gasteiger partial charge in [-0.05, 0) is 12.0 Å². The zero-order chi connectivity index (χ0) is 18.4. The Balaban J connectivity index is 0.00000254. The number of benzene rings is 1. The standard InChI is InChI=1S/C19H29NO2.C2H6/c1-4-5-6-7-8-9-18(21)20-14-16-10-12-17(13-11-16)19(22)15(2)3;1-2/h10-13,15H,4-9,14H2,1-3H3,(H,20,21);1-2H3. The molecule has 0 aliphatic carbocycles. The molecule has 24 heavy (non-hydrogen) atoms. The van der Waals surface area contributed by atoms with Gasteiger partial charge in [0.2, 0.25) is 5.91 Å². The van der Waals surface area contributed by atoms with Crippen LogP contribution in [0.3, 0.4) is 0 Å². The van der Waals surface area contributed by atoms with Gasteiger partial charge in [0.05, 0.1) is 0 Å². The molecule has 0 spiro atoms. The smallest absolute Gasteiger partial charge is 0.220 e. The number of carbonyl (C=O) groups excluding carboxylic acids is 2. The molecule has 1 N–H and O–H groups in total. The number of hydrogen-bond acceptors (Lipinski definition) is 2. The minimum Gasteiger partial charge on any atom is -0.352 e. The Morgan fingerprint density at radius 3 is 2.08 bits per heavy atom. The highest BCUT2D eigenvalue weighted by molar-refractivity contribution is 5.97. The van der Waals surface area contributed by atoms with Crippen LogP contribution in [0, 0.1) is 5.92 Å². The topological polar surface area (TPSA) is 46.2 Å². The number of Topliss-reactive ketones (excluding diaryl/α,β-unsaturated/α-hetero) is 1. The molecule has 3 heteroatoms. The molecule has 1 aromatic carbocycles. The van der Waals surface area contributed by atoms with Gasteiger partial charge in [0.25, 0.3) is 0 Å². The molecule has 0 saturated heterocycles. The molecule has 0 radical (unpaired) electrons. The van der Waals surface area contributed by atoms with Crippen molar-refractivity contribution in [2.75, 3.05) is 0 Å². The van der Waals surface area contributed by atoms with Crippen LogP contribution >= 0.6 is 0 Å². The van der Waals surface area contributed by atoms with Crippen molar-refractivity contribution in [3.63, 3.8) is 0 Å². The van der Waals surface area contributed by atoms with E-state index >= 15 is 0 Å². The number of carbonyl (C=O) groups is 2. The Kier molecular flexibility index (Phi) is 12.8. The third-order valence-electron chi connectivity index (χ3n) is 3.76. The second kappa shape index (κ2) is 13.8. The number of nitrogens with one attached hydrogen (secondary N) is 1. The van der Waals surface area contributed by atoms with E-state index in [1.54, 1.807) is 0 Å². The van der Waals surface area contributed by atoms with Crippen LogP contribution in [0.15, 0.2) is 24.3 Å². The molecule has 136 valence electrons. The predicted molar refractivity (Wildman–Crippen MR) is 102 cm³/mol. The van der Waals surface area contributed by atoms with Crippen molar-refractivity contribution in [3.8, 4) is 0 Å². The lowest BCUT2D eigenvalue weighted by Gasteiger charge is -2.07. The molecule has 0 atom stereocenters. The molecule has 0 fully saturated rings. The van der Waals surface area contributed by atoms with Crippen molar-refractivity contribution >= 4 is 11.7 Å². The molecule has 1 amide bonds. The van der Waals surface area contributed by atoms with E-state index < -0.39 is 0 Å². The van der Waals surface area contributed by atoms with Crippen LogP contribution in [0.1, 0.15) is 89.1 Å². The van der Waals surface area contributed by atoms with Crippen LogP contribution < -0.4 is 5.32 Å². The third kappa shape index (κ3) is 9.49. The van der Waals surface area contributed by atoms with Gasteiger partial charge in [-0.1, -0.05) is 84.6 Å². The lowest BCUT2D eigenvalue weighted by molar-refractivity contribution is -0.121. The lowest BCUT2D eigenvalue weighted by Crippen LogP contribution is -2.22. The number of hydrogen-bond donors (Lipinski definition) is 1. The first-order valence-corrected chi connectivity index (χ1v) is 9.44. The fraction of sp³-hybridized carbons (Fsp3) is 0.619. The van der Waals surface area contributed by atoms with Crippen LogP contribution in [0.5, 0.6) is 0 Å². The molecular formula is C21H35NO2. The average molecular weight is 334 g/mol. The van der Waals surface area contributed by atoms with Crippen LogP contribution in [0.2, 0.25) is 0 Å². The van der Waals surface area contributed by atoms with E-state index in [2.05, 4.69) is 12.2 Å². The van der Waals surface area contributed by atoms with Gasteiger partial charge in [-0.15, -0.1) is 0 Å². The van der Waals surface area contributed by atoms with E-state index in [-0.39, 0.29) is 17.6 Å². The molecule has 0 heterocycles. The van der Waals surface area contributed by atoms with E-state index in [4.69, 9.17) is 0 Å². The van der Waals surface area contributed by atoms with E-state index in [0.29, 0.717) is 13.0 Å². The van der Waals surface area contributed by atoms with Gasteiger partial charge in [0.1, 0.15) is 0 Å². The first-order valence-electron chi connectivity index (χ1n) is 9.44. The molecule has 3 nitrogen and oxygen atoms in total. The van der Waals surface area contributed by atoms with Crippen LogP contribution in [-0.2, 0) is 11.3 Å². The highest BCUT2D eigenvalue weighted by Crippen LogP contribution is 2.10. The predicted octanol–water partition coefficient (Wildman–Crippen LogP) is 5.53. The minimum absolute atomic E-state index is 0.0123. The number of ketones is 1. The highest BCUT2D eigenvalue weighted by atomic mass is 16.1. The van der Waals surface area contributed by atoms with Gasteiger partial charge in [-0.2, -0.15) is 0 Å². The number of rotatable bonds is 10. The quantitative estimate of drug-likeness (QED) is 0.452. The molecule has 0 aromatic heterocycles. The van der Waals surface area contributed by atoms with Crippen molar-refractivity contribution in [2.45, 2.75) is 79.7 Å². The molecule has 1 rings (SSSR count). The highest BCUT2D eigenvalue weighted by Gasteiger charge is 2.09. The van der Waals surface area contributed by atoms with Gasteiger partial charge in [-0.3, -0.25) is 9.59 Å². The number of amides is 1. The van der Waals surface area contributed by atoms with Crippen molar-refractivity contribution in [1.82, 2.24) is 5.32 Å². The van der Waals surface area contributed by atoms with Crippen molar-refractivity contribution in [1.29, 1.82) is 0 Å². The molecule has 0 saturated carbocycles. The summed E-state index contributed by atoms with van der Waals surface area (Å²) >= 11 is 0. The lowest BCUT2D eigenvalue weighted by atomic mass is 10.00. The Morgan fingerprint density at radius 2 is 1.54 bits per heavy atom. The van der Waals surface area contributed by atoms with Crippen molar-refractivity contribution in [3.05, 3.63) is 35.4 Å². The first-order chi connectivity index (χ1) is 11.5. The van der Waals surface area contributed by atoms with E-state index in [9.17, 15) is 9.59 Å². The molecule has 1 aromatic rings. The Bertz CT molecular complexity index is 463. The summed E-state index contributed by atoms with van der Waals surface area (Å²) in [4.78, 5) is 23.6. The zero-order valence-corrected chi connectivity index (χ0v) is 16.2. The summed E-state index contributed by atoms with van der Waals surface area (Å²) in [5, 5.41) is 2.94. The van der Waals surface area contributed by atoms with Crippen LogP contribution in [0.4, 0.5) is 0 Å². The normalized spacial score (nSPS) is 10.1. The second-order valence-electron chi connectivity index (χ2n) is 6.16. The minimum atomic E-state index is 0.0123. The molecule has 0 aliphatic heterocycles. The average Bonchev–Trinajstić information content (AvgIpc) is 2.61. The summed E-state index contributed by atoms with van der Waals surface area (Å²) in [6.07, 6.45) is 6.40. The largest absolute Gasteiger partial charge is 0.352 e. The van der Waals surface area contributed by atoms with Crippen molar-refractivity contribution in [2.24, 2.45) is 5.92 Å². The van der Waals surface area contributed by atoms with Gasteiger partial charge < -0.3 is 5.32 Å². The van der Waals surface area contributed by atoms with Gasteiger partial charge in [0.15, 0.2) is 5.78 Å². The molecule has 0 unspecified atom stereocenters. The fourth-order valence-corrected chi connectivity index (χ4v) is 2.30. The van der Waals surface area contributed by atoms with Gasteiger partial charge in [-0.25, -0.2) is 0 Å². The van der Waals surface area contributed by atoms with E-state index in [0.717, 1.165) is 24.0 Å². The second-order valence-corrected chi connectivity index (χ2v) is 6.16. The maximum absolute atomic E-state index is 11.8. The SMILES string of the molecule is CC.CCCCCCCC(=O)NCc1ccc(C(=O)C(C)C)cc1. The molecule has 0 bridgehead atoms.